The van der Waals surface area contributed by atoms with Gasteiger partial charge in [-0.2, -0.15) is 13.2 Å². The third-order valence-electron chi connectivity index (χ3n) is 2.38. The molecule has 1 aliphatic heterocycles. The van der Waals surface area contributed by atoms with E-state index in [0.717, 1.165) is 17.7 Å². The van der Waals surface area contributed by atoms with E-state index in [9.17, 15) is 18.0 Å². The molecular formula is C9H14F3NO2. The Kier molecular flexibility index (Phi) is 3.96. The molecule has 0 radical (unpaired) electrons. The molecule has 0 aromatic heterocycles. The van der Waals surface area contributed by atoms with E-state index in [4.69, 9.17) is 4.74 Å². The van der Waals surface area contributed by atoms with Crippen LogP contribution in [0.15, 0.2) is 0 Å². The molecule has 1 aliphatic rings. The van der Waals surface area contributed by atoms with E-state index >= 15 is 0 Å². The van der Waals surface area contributed by atoms with Crippen molar-refractivity contribution in [2.75, 3.05) is 26.8 Å². The zero-order valence-corrected chi connectivity index (χ0v) is 8.51. The number of amides is 1. The second kappa shape index (κ2) is 4.83. The number of hydrogen-bond donors (Lipinski definition) is 0. The Morgan fingerprint density at radius 2 is 2.20 bits per heavy atom. The zero-order valence-electron chi connectivity index (χ0n) is 8.51. The number of nitrogens with zero attached hydrogens (tertiary/aromatic N) is 1. The predicted octanol–water partition coefficient (Wildman–Crippen LogP) is 1.43. The standard InChI is InChI=1S/C9H14F3NO2/c1-13(8(14)9(10,11)12)5-7-3-2-4-15-6-7/h7H,2-6H2,1H3. The van der Waals surface area contributed by atoms with E-state index in [2.05, 4.69) is 0 Å². The molecule has 0 aromatic rings. The van der Waals surface area contributed by atoms with E-state index < -0.39 is 12.1 Å². The Labute approximate surface area is 86.2 Å². The van der Waals surface area contributed by atoms with E-state index in [0.29, 0.717) is 13.2 Å². The fraction of sp³-hybridized carbons (Fsp3) is 0.889. The Bertz CT molecular complexity index is 224. The van der Waals surface area contributed by atoms with Crippen LogP contribution in [0.5, 0.6) is 0 Å². The SMILES string of the molecule is CN(CC1CCCOC1)C(=O)C(F)(F)F. The maximum absolute atomic E-state index is 12.0. The van der Waals surface area contributed by atoms with Gasteiger partial charge in [0, 0.05) is 20.2 Å². The van der Waals surface area contributed by atoms with Crippen molar-refractivity contribution in [3.63, 3.8) is 0 Å². The van der Waals surface area contributed by atoms with Crippen LogP contribution < -0.4 is 0 Å². The molecule has 0 saturated carbocycles. The molecular weight excluding hydrogens is 211 g/mol. The van der Waals surface area contributed by atoms with E-state index in [1.807, 2.05) is 0 Å². The van der Waals surface area contributed by atoms with Gasteiger partial charge in [0.05, 0.1) is 6.61 Å². The summed E-state index contributed by atoms with van der Waals surface area (Å²) >= 11 is 0. The predicted molar refractivity (Wildman–Crippen MR) is 47.2 cm³/mol. The number of carbonyl (C=O) groups excluding carboxylic acids is 1. The number of ether oxygens (including phenoxy) is 1. The first-order valence-electron chi connectivity index (χ1n) is 4.81. The highest BCUT2D eigenvalue weighted by Crippen LogP contribution is 2.20. The maximum Gasteiger partial charge on any atom is 0.471 e. The van der Waals surface area contributed by atoms with Gasteiger partial charge in [-0.3, -0.25) is 4.79 Å². The van der Waals surface area contributed by atoms with E-state index in [-0.39, 0.29) is 12.5 Å². The third kappa shape index (κ3) is 3.70. The minimum atomic E-state index is -4.77. The topological polar surface area (TPSA) is 29.5 Å². The summed E-state index contributed by atoms with van der Waals surface area (Å²) in [4.78, 5) is 11.5. The molecule has 1 atom stereocenters. The van der Waals surface area contributed by atoms with Crippen LogP contribution >= 0.6 is 0 Å². The number of alkyl halides is 3. The Morgan fingerprint density at radius 1 is 1.53 bits per heavy atom. The summed E-state index contributed by atoms with van der Waals surface area (Å²) in [5.74, 6) is -1.76. The van der Waals surface area contributed by atoms with Crippen molar-refractivity contribution in [1.29, 1.82) is 0 Å². The molecule has 1 fully saturated rings. The molecule has 0 N–H and O–H groups in total. The summed E-state index contributed by atoms with van der Waals surface area (Å²) in [6, 6.07) is 0. The van der Waals surface area contributed by atoms with Gasteiger partial charge in [-0.05, 0) is 18.8 Å². The monoisotopic (exact) mass is 225 g/mol. The molecule has 0 aromatic carbocycles. The van der Waals surface area contributed by atoms with E-state index in [1.165, 1.54) is 7.05 Å². The molecule has 1 amide bonds. The summed E-state index contributed by atoms with van der Waals surface area (Å²) < 4.78 is 41.2. The Balaban J connectivity index is 2.40. The minimum absolute atomic E-state index is 0.0232. The fourth-order valence-corrected chi connectivity index (χ4v) is 1.64. The third-order valence-corrected chi connectivity index (χ3v) is 2.38. The zero-order chi connectivity index (χ0) is 11.5. The molecule has 0 spiro atoms. The molecule has 0 aliphatic carbocycles. The van der Waals surface area contributed by atoms with Crippen molar-refractivity contribution < 1.29 is 22.7 Å². The summed E-state index contributed by atoms with van der Waals surface area (Å²) in [6.45, 7) is 1.21. The van der Waals surface area contributed by atoms with Gasteiger partial charge in [-0.1, -0.05) is 0 Å². The highest BCUT2D eigenvalue weighted by molar-refractivity contribution is 5.81. The van der Waals surface area contributed by atoms with Gasteiger partial charge in [0.15, 0.2) is 0 Å². The first-order chi connectivity index (χ1) is 6.91. The Morgan fingerprint density at radius 3 is 2.67 bits per heavy atom. The van der Waals surface area contributed by atoms with E-state index in [1.54, 1.807) is 0 Å². The first-order valence-corrected chi connectivity index (χ1v) is 4.81. The van der Waals surface area contributed by atoms with Crippen molar-refractivity contribution in [2.45, 2.75) is 19.0 Å². The molecule has 1 saturated heterocycles. The quantitative estimate of drug-likeness (QED) is 0.711. The van der Waals surface area contributed by atoms with Gasteiger partial charge in [0.1, 0.15) is 0 Å². The average Bonchev–Trinajstić information content (AvgIpc) is 2.16. The molecule has 0 bridgehead atoms. The van der Waals surface area contributed by atoms with Crippen LogP contribution in [0.2, 0.25) is 0 Å². The molecule has 3 nitrogen and oxygen atoms in total. The summed E-state index contributed by atoms with van der Waals surface area (Å²) in [7, 11) is 1.17. The highest BCUT2D eigenvalue weighted by atomic mass is 19.4. The van der Waals surface area contributed by atoms with Crippen molar-refractivity contribution in [3.05, 3.63) is 0 Å². The lowest BCUT2D eigenvalue weighted by Gasteiger charge is -2.27. The molecule has 1 unspecified atom stereocenters. The first kappa shape index (κ1) is 12.3. The minimum Gasteiger partial charge on any atom is -0.381 e. The van der Waals surface area contributed by atoms with Crippen LogP contribution in [0, 0.1) is 5.92 Å². The van der Waals surface area contributed by atoms with Gasteiger partial charge < -0.3 is 9.64 Å². The van der Waals surface area contributed by atoms with Gasteiger partial charge in [0.25, 0.3) is 0 Å². The van der Waals surface area contributed by atoms with Crippen LogP contribution in [0.25, 0.3) is 0 Å². The second-order valence-corrected chi connectivity index (χ2v) is 3.77. The highest BCUT2D eigenvalue weighted by Gasteiger charge is 2.41. The number of hydrogen-bond acceptors (Lipinski definition) is 2. The lowest BCUT2D eigenvalue weighted by Crippen LogP contribution is -2.42. The summed E-state index contributed by atoms with van der Waals surface area (Å²) in [6.07, 6.45) is -3.11. The fourth-order valence-electron chi connectivity index (χ4n) is 1.64. The van der Waals surface area contributed by atoms with Crippen LogP contribution in [0.1, 0.15) is 12.8 Å². The number of halogens is 3. The normalized spacial score (nSPS) is 22.5. The van der Waals surface area contributed by atoms with Gasteiger partial charge >= 0.3 is 12.1 Å². The molecule has 1 rings (SSSR count). The number of carbonyl (C=O) groups is 1. The summed E-state index contributed by atoms with van der Waals surface area (Å²) in [5.41, 5.74) is 0. The van der Waals surface area contributed by atoms with Crippen molar-refractivity contribution in [3.8, 4) is 0 Å². The van der Waals surface area contributed by atoms with Crippen molar-refractivity contribution >= 4 is 5.91 Å². The van der Waals surface area contributed by atoms with Crippen molar-refractivity contribution in [1.82, 2.24) is 4.90 Å². The molecule has 15 heavy (non-hydrogen) atoms. The lowest BCUT2D eigenvalue weighted by molar-refractivity contribution is -0.185. The Hall–Kier alpha value is -0.780. The molecule has 6 heteroatoms. The number of rotatable bonds is 2. The largest absolute Gasteiger partial charge is 0.471 e. The van der Waals surface area contributed by atoms with Gasteiger partial charge in [-0.15, -0.1) is 0 Å². The van der Waals surface area contributed by atoms with Crippen LogP contribution in [0.3, 0.4) is 0 Å². The van der Waals surface area contributed by atoms with Gasteiger partial charge in [-0.25, -0.2) is 0 Å². The lowest BCUT2D eigenvalue weighted by atomic mass is 10.0. The summed E-state index contributed by atoms with van der Waals surface area (Å²) in [5, 5.41) is 0. The smallest absolute Gasteiger partial charge is 0.381 e. The second-order valence-electron chi connectivity index (χ2n) is 3.77. The van der Waals surface area contributed by atoms with Crippen LogP contribution in [-0.2, 0) is 9.53 Å². The van der Waals surface area contributed by atoms with Crippen LogP contribution in [-0.4, -0.2) is 43.8 Å². The average molecular weight is 225 g/mol. The van der Waals surface area contributed by atoms with Crippen LogP contribution in [0.4, 0.5) is 13.2 Å². The molecule has 88 valence electrons. The van der Waals surface area contributed by atoms with Gasteiger partial charge in [0.2, 0.25) is 0 Å². The van der Waals surface area contributed by atoms with Crippen molar-refractivity contribution in [2.24, 2.45) is 5.92 Å². The molecule has 1 heterocycles. The maximum atomic E-state index is 12.0.